The number of sulfonamides is 1. The van der Waals surface area contributed by atoms with Crippen LogP contribution in [0.15, 0.2) is 29.1 Å². The van der Waals surface area contributed by atoms with Gasteiger partial charge >= 0.3 is 0 Å². The van der Waals surface area contributed by atoms with E-state index in [-0.39, 0.29) is 24.7 Å². The summed E-state index contributed by atoms with van der Waals surface area (Å²) in [5, 5.41) is 8.53. The normalized spacial score (nSPS) is 15.5. The molecule has 27 heavy (non-hydrogen) atoms. The topological polar surface area (TPSA) is 101 Å². The summed E-state index contributed by atoms with van der Waals surface area (Å²) in [6, 6.07) is 7.31. The summed E-state index contributed by atoms with van der Waals surface area (Å²) in [5.41, 5.74) is 0.497. The maximum atomic E-state index is 12.8. The molecule has 3 rings (SSSR count). The third-order valence-electron chi connectivity index (χ3n) is 4.96. The first kappa shape index (κ1) is 19.5. The van der Waals surface area contributed by atoms with Crippen molar-refractivity contribution in [3.63, 3.8) is 0 Å². The summed E-state index contributed by atoms with van der Waals surface area (Å²) < 4.78 is 25.4. The Bertz CT molecular complexity index is 1010. The van der Waals surface area contributed by atoms with E-state index in [2.05, 4.69) is 10.4 Å². The quantitative estimate of drug-likeness (QED) is 0.791. The lowest BCUT2D eigenvalue weighted by Crippen LogP contribution is -2.38. The molecule has 8 nitrogen and oxygen atoms in total. The molecule has 1 fully saturated rings. The zero-order chi connectivity index (χ0) is 19.6. The van der Waals surface area contributed by atoms with Crippen molar-refractivity contribution in [2.75, 3.05) is 19.8 Å². The molecule has 146 valence electrons. The molecule has 1 N–H and O–H groups in total. The van der Waals surface area contributed by atoms with Gasteiger partial charge in [0.05, 0.1) is 36.5 Å². The number of carbonyl (C=O) groups is 1. The first-order valence-corrected chi connectivity index (χ1v) is 10.8. The van der Waals surface area contributed by atoms with Gasteiger partial charge in [0.15, 0.2) is 0 Å². The fourth-order valence-electron chi connectivity index (χ4n) is 3.36. The molecule has 0 bridgehead atoms. The van der Waals surface area contributed by atoms with Crippen LogP contribution in [0.3, 0.4) is 0 Å². The standard InChI is InChI=1S/C18H24N4O4S/c1-21(27(2,25)26)12-17(23)19-11-16-14-9-5-6-10-15(14)18(24)22(20-16)13-7-3-4-8-13/h5-6,9-10,13H,3-4,7-8,11-12H2,1-2H3,(H,19,23). The number of likely N-dealkylation sites (N-methyl/N-ethyl adjacent to an activating group) is 1. The van der Waals surface area contributed by atoms with Gasteiger partial charge < -0.3 is 5.32 Å². The maximum absolute atomic E-state index is 12.8. The average molecular weight is 392 g/mol. The Hall–Kier alpha value is -2.26. The van der Waals surface area contributed by atoms with E-state index in [0.29, 0.717) is 16.5 Å². The highest BCUT2D eigenvalue weighted by atomic mass is 32.2. The van der Waals surface area contributed by atoms with E-state index in [9.17, 15) is 18.0 Å². The predicted octanol–water partition coefficient (Wildman–Crippen LogP) is 1.02. The van der Waals surface area contributed by atoms with Crippen molar-refractivity contribution in [3.8, 4) is 0 Å². The molecule has 0 aliphatic heterocycles. The van der Waals surface area contributed by atoms with Crippen molar-refractivity contribution >= 4 is 26.7 Å². The molecule has 1 aromatic carbocycles. The van der Waals surface area contributed by atoms with Crippen molar-refractivity contribution in [3.05, 3.63) is 40.3 Å². The molecule has 1 aliphatic rings. The lowest BCUT2D eigenvalue weighted by Gasteiger charge is -2.17. The maximum Gasteiger partial charge on any atom is 0.274 e. The molecule has 0 radical (unpaired) electrons. The largest absolute Gasteiger partial charge is 0.349 e. The van der Waals surface area contributed by atoms with Crippen molar-refractivity contribution in [2.24, 2.45) is 0 Å². The number of amides is 1. The van der Waals surface area contributed by atoms with Crippen molar-refractivity contribution in [2.45, 2.75) is 38.3 Å². The van der Waals surface area contributed by atoms with Crippen LogP contribution in [0.25, 0.3) is 10.8 Å². The molecule has 0 spiro atoms. The van der Waals surface area contributed by atoms with Crippen molar-refractivity contribution in [1.29, 1.82) is 0 Å². The number of nitrogens with one attached hydrogen (secondary N) is 1. The van der Waals surface area contributed by atoms with Gasteiger partial charge in [0, 0.05) is 12.4 Å². The van der Waals surface area contributed by atoms with Crippen molar-refractivity contribution < 1.29 is 13.2 Å². The van der Waals surface area contributed by atoms with Gasteiger partial charge in [0.2, 0.25) is 15.9 Å². The Balaban J connectivity index is 1.86. The van der Waals surface area contributed by atoms with Crippen LogP contribution in [-0.2, 0) is 21.4 Å². The second-order valence-corrected chi connectivity index (χ2v) is 9.07. The molecule has 1 heterocycles. The van der Waals surface area contributed by atoms with Crippen LogP contribution < -0.4 is 10.9 Å². The second kappa shape index (κ2) is 7.77. The predicted molar refractivity (Wildman–Crippen MR) is 103 cm³/mol. The van der Waals surface area contributed by atoms with Gasteiger partial charge in [0.25, 0.3) is 5.56 Å². The minimum Gasteiger partial charge on any atom is -0.349 e. The van der Waals surface area contributed by atoms with Crippen LogP contribution in [0.4, 0.5) is 0 Å². The Labute approximate surface area is 158 Å². The van der Waals surface area contributed by atoms with Gasteiger partial charge in [-0.15, -0.1) is 0 Å². The molecular weight excluding hydrogens is 368 g/mol. The van der Waals surface area contributed by atoms with Crippen LogP contribution in [0.2, 0.25) is 0 Å². The first-order valence-electron chi connectivity index (χ1n) is 8.96. The van der Waals surface area contributed by atoms with E-state index in [1.165, 1.54) is 7.05 Å². The van der Waals surface area contributed by atoms with Gasteiger partial charge in [-0.2, -0.15) is 9.40 Å². The summed E-state index contributed by atoms with van der Waals surface area (Å²) >= 11 is 0. The summed E-state index contributed by atoms with van der Waals surface area (Å²) in [6.45, 7) is -0.136. The monoisotopic (exact) mass is 392 g/mol. The van der Waals surface area contributed by atoms with E-state index in [1.807, 2.05) is 18.2 Å². The molecule has 1 amide bonds. The molecule has 9 heteroatoms. The first-order chi connectivity index (χ1) is 12.8. The van der Waals surface area contributed by atoms with Crippen molar-refractivity contribution in [1.82, 2.24) is 19.4 Å². The molecule has 0 unspecified atom stereocenters. The number of rotatable bonds is 6. The highest BCUT2D eigenvalue weighted by Crippen LogP contribution is 2.28. The summed E-state index contributed by atoms with van der Waals surface area (Å²) in [4.78, 5) is 24.9. The fourth-order valence-corrected chi connectivity index (χ4v) is 3.71. The Morgan fingerprint density at radius 2 is 1.89 bits per heavy atom. The Morgan fingerprint density at radius 1 is 1.26 bits per heavy atom. The summed E-state index contributed by atoms with van der Waals surface area (Å²) in [7, 11) is -2.08. The molecule has 1 aliphatic carbocycles. The second-order valence-electron chi connectivity index (χ2n) is 6.98. The van der Waals surface area contributed by atoms with Crippen LogP contribution in [-0.4, -0.2) is 48.3 Å². The Morgan fingerprint density at radius 3 is 2.52 bits per heavy atom. The van der Waals surface area contributed by atoms with Gasteiger partial charge in [-0.1, -0.05) is 31.0 Å². The lowest BCUT2D eigenvalue weighted by atomic mass is 10.1. The molecule has 1 saturated carbocycles. The highest BCUT2D eigenvalue weighted by Gasteiger charge is 2.22. The third-order valence-corrected chi connectivity index (χ3v) is 6.22. The minimum absolute atomic E-state index is 0.0907. The number of benzene rings is 1. The van der Waals surface area contributed by atoms with E-state index in [1.54, 1.807) is 10.7 Å². The molecular formula is C18H24N4O4S. The van der Waals surface area contributed by atoms with Gasteiger partial charge in [-0.3, -0.25) is 9.59 Å². The number of aromatic nitrogens is 2. The van der Waals surface area contributed by atoms with Crippen LogP contribution in [0.1, 0.15) is 37.4 Å². The molecule has 1 aromatic heterocycles. The number of hydrogen-bond acceptors (Lipinski definition) is 5. The number of carbonyl (C=O) groups excluding carboxylic acids is 1. The summed E-state index contributed by atoms with van der Waals surface area (Å²) in [5.74, 6) is -0.424. The Kier molecular flexibility index (Phi) is 5.61. The zero-order valence-electron chi connectivity index (χ0n) is 15.5. The molecule has 0 saturated heterocycles. The van der Waals surface area contributed by atoms with E-state index < -0.39 is 15.9 Å². The molecule has 0 atom stereocenters. The van der Waals surface area contributed by atoms with E-state index >= 15 is 0 Å². The fraction of sp³-hybridized carbons (Fsp3) is 0.500. The van der Waals surface area contributed by atoms with Crippen LogP contribution in [0.5, 0.6) is 0 Å². The number of hydrogen-bond donors (Lipinski definition) is 1. The van der Waals surface area contributed by atoms with E-state index in [0.717, 1.165) is 36.2 Å². The minimum atomic E-state index is -3.43. The average Bonchev–Trinajstić information content (AvgIpc) is 3.15. The lowest BCUT2D eigenvalue weighted by molar-refractivity contribution is -0.121. The smallest absolute Gasteiger partial charge is 0.274 e. The highest BCUT2D eigenvalue weighted by molar-refractivity contribution is 7.88. The number of nitrogens with zero attached hydrogens (tertiary/aromatic N) is 3. The molecule has 2 aromatic rings. The zero-order valence-corrected chi connectivity index (χ0v) is 16.3. The SMILES string of the molecule is CN(CC(=O)NCc1nn(C2CCCC2)c(=O)c2ccccc12)S(C)(=O)=O. The van der Waals surface area contributed by atoms with Gasteiger partial charge in [0.1, 0.15) is 0 Å². The van der Waals surface area contributed by atoms with Crippen LogP contribution in [0, 0.1) is 0 Å². The third kappa shape index (κ3) is 4.36. The van der Waals surface area contributed by atoms with Crippen LogP contribution >= 0.6 is 0 Å². The number of fused-ring (bicyclic) bond motifs is 1. The van der Waals surface area contributed by atoms with Gasteiger partial charge in [-0.05, 0) is 18.9 Å². The summed E-state index contributed by atoms with van der Waals surface area (Å²) in [6.07, 6.45) is 5.06. The van der Waals surface area contributed by atoms with Gasteiger partial charge in [-0.25, -0.2) is 13.1 Å². The van der Waals surface area contributed by atoms with E-state index in [4.69, 9.17) is 0 Å².